The number of carbonyl (C=O) groups is 6. The number of rotatable bonds is 0. The lowest BCUT2D eigenvalue weighted by Crippen LogP contribution is -2.39. The Morgan fingerprint density at radius 1 is 0.310 bits per heavy atom. The van der Waals surface area contributed by atoms with Gasteiger partial charge in [-0.3, -0.25) is 0 Å². The zero-order valence-electron chi connectivity index (χ0n) is 72.8. The highest BCUT2D eigenvalue weighted by Gasteiger charge is 2.50. The van der Waals surface area contributed by atoms with E-state index in [4.69, 9.17) is 59.4 Å². The number of oxime groups is 6. The van der Waals surface area contributed by atoms with Crippen LogP contribution in [-0.4, -0.2) is 203 Å². The molecule has 10 heterocycles. The molecule has 0 aromatic heterocycles. The van der Waals surface area contributed by atoms with Crippen molar-refractivity contribution in [1.29, 1.82) is 0 Å². The molecule has 2 unspecified atom stereocenters. The van der Waals surface area contributed by atoms with Gasteiger partial charge in [0, 0.05) is 103 Å². The topological polar surface area (TPSA) is 352 Å². The molecule has 2 aliphatic carbocycles. The largest absolute Gasteiger partial charge is 0.444 e. The third-order valence-corrected chi connectivity index (χ3v) is 22.4. The number of likely N-dealkylation sites (tertiary alicyclic amines) is 4. The van der Waals surface area contributed by atoms with E-state index >= 15 is 0 Å². The number of carbonyl (C=O) groups excluding carboxylic acids is 6. The lowest BCUT2D eigenvalue weighted by Gasteiger charge is -2.28. The van der Waals surface area contributed by atoms with Crippen molar-refractivity contribution in [3.63, 3.8) is 0 Å². The molecule has 0 aromatic rings. The summed E-state index contributed by atoms with van der Waals surface area (Å²) in [4.78, 5) is 108. The first-order chi connectivity index (χ1) is 53.2. The maximum atomic E-state index is 12.1. The van der Waals surface area contributed by atoms with Gasteiger partial charge < -0.3 is 88.5 Å². The fraction of sp³-hybridized carbons (Fsp3) is 0.850. The summed E-state index contributed by atoms with van der Waals surface area (Å²) in [5.74, 6) is 3.09. The minimum absolute atomic E-state index is 0.0220. The quantitative estimate of drug-likeness (QED) is 0.213. The summed E-state index contributed by atoms with van der Waals surface area (Å²) in [7, 11) is 0. The fourth-order valence-electron chi connectivity index (χ4n) is 15.1. The van der Waals surface area contributed by atoms with Crippen LogP contribution in [0.25, 0.3) is 0 Å². The first kappa shape index (κ1) is 102. The van der Waals surface area contributed by atoms with Crippen molar-refractivity contribution in [3.8, 4) is 0 Å². The van der Waals surface area contributed by atoms with E-state index in [1.807, 2.05) is 83.1 Å². The normalized spacial score (nSPS) is 29.3. The van der Waals surface area contributed by atoms with Gasteiger partial charge in [0.15, 0.2) is 11.2 Å². The number of nitrogens with two attached hydrogens (primary N) is 2. The van der Waals surface area contributed by atoms with E-state index in [9.17, 15) is 28.8 Å². The van der Waals surface area contributed by atoms with Crippen molar-refractivity contribution in [2.75, 3.05) is 52.4 Å². The molecule has 6 amide bonds. The molecule has 12 rings (SSSR count). The molecule has 664 valence electrons. The Morgan fingerprint density at radius 2 is 0.509 bits per heavy atom. The smallest absolute Gasteiger partial charge is 0.410 e. The molecule has 0 aromatic carbocycles. The van der Waals surface area contributed by atoms with Crippen LogP contribution in [-0.2, 0) is 57.4 Å². The van der Waals surface area contributed by atoms with Crippen LogP contribution < -0.4 is 11.5 Å². The van der Waals surface area contributed by atoms with Gasteiger partial charge in [0.25, 0.3) is 0 Å². The molecule has 12 aliphatic rings. The summed E-state index contributed by atoms with van der Waals surface area (Å²) < 4.78 is 36.0. The van der Waals surface area contributed by atoms with Gasteiger partial charge in [-0.25, -0.2) is 28.8 Å². The average molecular weight is 2030 g/mol. The van der Waals surface area contributed by atoms with E-state index in [1.54, 1.807) is 61.1 Å². The van der Waals surface area contributed by atoms with Gasteiger partial charge in [-0.1, -0.05) is 84.3 Å². The van der Waals surface area contributed by atoms with Crippen LogP contribution in [0, 0.1) is 23.7 Å². The lowest BCUT2D eigenvalue weighted by atomic mass is 9.86. The molecule has 4 saturated heterocycles. The van der Waals surface area contributed by atoms with Crippen LogP contribution in [0.4, 0.5) is 28.8 Å². The van der Waals surface area contributed by atoms with E-state index in [-0.39, 0.29) is 58.0 Å². The Hall–Kier alpha value is -4.68. The number of primary amides is 2. The van der Waals surface area contributed by atoms with Crippen LogP contribution in [0.3, 0.4) is 0 Å². The average Bonchev–Trinajstić information content (AvgIpc) is 1.65. The molecule has 0 bridgehead atoms. The second kappa shape index (κ2) is 42.9. The molecule has 6 spiro atoms. The van der Waals surface area contributed by atoms with Crippen LogP contribution in [0.2, 0.25) is 0 Å². The summed E-state index contributed by atoms with van der Waals surface area (Å²) in [5.41, 5.74) is 5.63. The summed E-state index contributed by atoms with van der Waals surface area (Å²) >= 11 is 20.3. The molecule has 6 fully saturated rings. The summed E-state index contributed by atoms with van der Waals surface area (Å²) in [5, 5.41) is 23.9. The van der Waals surface area contributed by atoms with Gasteiger partial charge in [-0.2, -0.15) is 0 Å². The predicted octanol–water partition coefficient (Wildman–Crippen LogP) is 20.7. The SMILES string of the molecule is CC(C)(C)OC(=O)N1CCC[C@@]2(CC1)CC(Br)=NO2.CC(C)(C)OC(=O)N1CCC[C@]2(CC1)CC(Br)=NO2.CC(C)(C)OC(=O)N1CC[C@@]2(CC(Br)=NO2)C1.CC(C)(C)OC(=O)N1CC[C@]2(CC(Br)=NO2)C1.CC(C)(C)OC(N)=O.CC(C)(C)OC(N)=O.C[C@@H]1CC[C@H](C)CC2(CC(Br)=NO2)C1.C[C@@H]1CC[C@H](C)CC2(CC(Br)=NO2)C1. The molecular weight excluding hydrogens is 1900 g/mol. The molecule has 10 atom stereocenters. The second-order valence-corrected chi connectivity index (χ2v) is 44.4. The number of hydrogen-bond donors (Lipinski definition) is 2. The Labute approximate surface area is 739 Å². The minimum atomic E-state index is -0.725. The van der Waals surface area contributed by atoms with Crippen molar-refractivity contribution in [2.24, 2.45) is 66.1 Å². The summed E-state index contributed by atoms with van der Waals surface area (Å²) in [6, 6.07) is 0. The Morgan fingerprint density at radius 3 is 0.707 bits per heavy atom. The van der Waals surface area contributed by atoms with Gasteiger partial charge in [0.05, 0.1) is 13.1 Å². The highest BCUT2D eigenvalue weighted by atomic mass is 79.9. The number of nitrogens with zero attached hydrogens (tertiary/aromatic N) is 10. The van der Waals surface area contributed by atoms with Gasteiger partial charge in [-0.05, 0) is 295 Å². The standard InChI is InChI=1S/2C13H21BrN2O3.2C11H17BrN2O3.2C11H18BrNO.2C5H11NO2/c2*1-12(2,3)18-11(17)16-7-4-5-13(6-8-16)9-10(14)15-19-13;2*1-10(2,3)16-9(15)14-5-4-11(7-14)6-8(12)13-17-11;2*1-8-3-4-9(2)6-11(5-8)7-10(12)13-14-11;2*1-5(2,3)8-4(6)7/h2*4-9H2,1-3H3;2*4-7H2,1-3H3;2*8-9H,3-7H2,1-2H3;2*1-3H3,(H2,6,7)/t2*13-;2*11-;2*8-,9+,11?;;/m1010..../s1. The predicted molar refractivity (Wildman–Crippen MR) is 471 cm³/mol. The first-order valence-electron chi connectivity index (χ1n) is 40.5. The third kappa shape index (κ3) is 37.3. The highest BCUT2D eigenvalue weighted by molar-refractivity contribution is 9.19. The van der Waals surface area contributed by atoms with E-state index < -0.39 is 45.8 Å². The van der Waals surface area contributed by atoms with Crippen molar-refractivity contribution < 1.29 is 86.2 Å². The molecule has 36 heteroatoms. The van der Waals surface area contributed by atoms with Crippen molar-refractivity contribution in [3.05, 3.63) is 0 Å². The molecule has 116 heavy (non-hydrogen) atoms. The number of ether oxygens (including phenoxy) is 6. The summed E-state index contributed by atoms with van der Waals surface area (Å²) in [6.07, 6.45) is 19.4. The van der Waals surface area contributed by atoms with E-state index in [2.05, 4.69) is 164 Å². The van der Waals surface area contributed by atoms with Crippen molar-refractivity contribution in [1.82, 2.24) is 19.6 Å². The van der Waals surface area contributed by atoms with Gasteiger partial charge in [0.2, 0.25) is 0 Å². The van der Waals surface area contributed by atoms with Crippen LogP contribution in [0.5, 0.6) is 0 Å². The fourth-order valence-corrected chi connectivity index (χ4v) is 18.6. The van der Waals surface area contributed by atoms with E-state index in [0.717, 1.165) is 180 Å². The first-order valence-corrected chi connectivity index (χ1v) is 45.3. The highest BCUT2D eigenvalue weighted by Crippen LogP contribution is 2.46. The maximum absolute atomic E-state index is 12.1. The van der Waals surface area contributed by atoms with Gasteiger partial charge in [0.1, 0.15) is 83.7 Å². The lowest BCUT2D eigenvalue weighted by molar-refractivity contribution is -0.0435. The molecule has 30 nitrogen and oxygen atoms in total. The monoisotopic (exact) mass is 2020 g/mol. The van der Waals surface area contributed by atoms with Crippen LogP contribution in [0.15, 0.2) is 30.9 Å². The third-order valence-electron chi connectivity index (χ3n) is 19.9. The molecule has 2 saturated carbocycles. The zero-order chi connectivity index (χ0) is 87.5. The van der Waals surface area contributed by atoms with Gasteiger partial charge in [-0.15, -0.1) is 0 Å². The molecule has 0 radical (unpaired) electrons. The summed E-state index contributed by atoms with van der Waals surface area (Å²) in [6.45, 7) is 47.5. The van der Waals surface area contributed by atoms with Crippen LogP contribution in [0.1, 0.15) is 294 Å². The minimum Gasteiger partial charge on any atom is -0.444 e. The number of hydrogen-bond acceptors (Lipinski definition) is 24. The zero-order valence-corrected chi connectivity index (χ0v) is 82.3. The van der Waals surface area contributed by atoms with Gasteiger partial charge >= 0.3 is 36.6 Å². The van der Waals surface area contributed by atoms with Crippen molar-refractivity contribution in [2.45, 2.75) is 361 Å². The van der Waals surface area contributed by atoms with E-state index in [1.165, 1.54) is 25.7 Å². The Bertz CT molecular complexity index is 3250. The molecule has 10 aliphatic heterocycles. The Balaban J connectivity index is 0.000000240. The second-order valence-electron chi connectivity index (χ2n) is 38.9. The van der Waals surface area contributed by atoms with E-state index in [0.29, 0.717) is 39.3 Å². The van der Waals surface area contributed by atoms with Crippen LogP contribution >= 0.6 is 95.6 Å². The molecular formula is C80H134Br6N12O18. The Kier molecular flexibility index (Phi) is 37.7. The van der Waals surface area contributed by atoms with Crippen molar-refractivity contribution >= 4 is 160 Å². The molecule has 4 N–H and O–H groups in total. The maximum Gasteiger partial charge on any atom is 0.410 e. The number of amides is 6. The number of halogens is 6.